The Morgan fingerprint density at radius 1 is 1.33 bits per heavy atom. The number of rotatable bonds is 4. The molecule has 0 amide bonds. The molecule has 0 fully saturated rings. The van der Waals surface area contributed by atoms with Gasteiger partial charge in [0.15, 0.2) is 0 Å². The zero-order chi connectivity index (χ0) is 13.3. The van der Waals surface area contributed by atoms with Crippen molar-refractivity contribution in [3.63, 3.8) is 0 Å². The molecule has 5 nitrogen and oxygen atoms in total. The van der Waals surface area contributed by atoms with E-state index in [1.807, 2.05) is 31.1 Å². The molecule has 0 atom stereocenters. The molecule has 2 heterocycles. The molecule has 18 heavy (non-hydrogen) atoms. The van der Waals surface area contributed by atoms with Crippen molar-refractivity contribution in [3.05, 3.63) is 35.2 Å². The zero-order valence-electron chi connectivity index (χ0n) is 11.4. The van der Waals surface area contributed by atoms with E-state index >= 15 is 0 Å². The summed E-state index contributed by atoms with van der Waals surface area (Å²) in [5.41, 5.74) is 3.96. The number of aryl methyl sites for hydroxylation is 1. The van der Waals surface area contributed by atoms with Crippen molar-refractivity contribution in [2.24, 2.45) is 0 Å². The summed E-state index contributed by atoms with van der Waals surface area (Å²) in [6.45, 7) is 8.90. The summed E-state index contributed by atoms with van der Waals surface area (Å²) >= 11 is 0. The first-order valence-corrected chi connectivity index (χ1v) is 6.19. The molecule has 0 aliphatic rings. The van der Waals surface area contributed by atoms with Gasteiger partial charge in [0, 0.05) is 17.3 Å². The Kier molecular flexibility index (Phi) is 3.52. The van der Waals surface area contributed by atoms with E-state index in [0.29, 0.717) is 12.6 Å². The number of imidazole rings is 1. The van der Waals surface area contributed by atoms with E-state index in [-0.39, 0.29) is 6.61 Å². The van der Waals surface area contributed by atoms with Gasteiger partial charge in [-0.05, 0) is 27.7 Å². The Morgan fingerprint density at radius 3 is 2.61 bits per heavy atom. The highest BCUT2D eigenvalue weighted by molar-refractivity contribution is 5.24. The number of hydrogen-bond acceptors (Lipinski definition) is 3. The van der Waals surface area contributed by atoms with Crippen LogP contribution in [-0.2, 0) is 13.2 Å². The fourth-order valence-corrected chi connectivity index (χ4v) is 2.19. The van der Waals surface area contributed by atoms with Crippen LogP contribution in [0.5, 0.6) is 0 Å². The van der Waals surface area contributed by atoms with Crippen LogP contribution in [-0.4, -0.2) is 24.4 Å². The Morgan fingerprint density at radius 2 is 2.06 bits per heavy atom. The van der Waals surface area contributed by atoms with Crippen LogP contribution in [0.1, 0.15) is 42.5 Å². The maximum absolute atomic E-state index is 9.31. The van der Waals surface area contributed by atoms with Crippen molar-refractivity contribution >= 4 is 0 Å². The lowest BCUT2D eigenvalue weighted by Crippen LogP contribution is -2.11. The van der Waals surface area contributed by atoms with Crippen LogP contribution >= 0.6 is 0 Å². The van der Waals surface area contributed by atoms with Crippen molar-refractivity contribution < 1.29 is 5.11 Å². The second-order valence-electron chi connectivity index (χ2n) is 4.85. The van der Waals surface area contributed by atoms with Crippen molar-refractivity contribution in [2.75, 3.05) is 0 Å². The summed E-state index contributed by atoms with van der Waals surface area (Å²) in [5.74, 6) is 0. The van der Waals surface area contributed by atoms with Gasteiger partial charge in [-0.2, -0.15) is 5.10 Å². The number of aliphatic hydroxyl groups is 1. The fraction of sp³-hybridized carbons (Fsp3) is 0.538. The lowest BCUT2D eigenvalue weighted by molar-refractivity contribution is 0.280. The molecule has 98 valence electrons. The van der Waals surface area contributed by atoms with Crippen molar-refractivity contribution in [2.45, 2.75) is 46.9 Å². The summed E-state index contributed by atoms with van der Waals surface area (Å²) in [7, 11) is 0. The molecule has 0 aliphatic carbocycles. The van der Waals surface area contributed by atoms with E-state index in [2.05, 4.69) is 28.5 Å². The van der Waals surface area contributed by atoms with Gasteiger partial charge in [-0.15, -0.1) is 0 Å². The Bertz CT molecular complexity index is 539. The standard InChI is InChI=1S/C13H20N4O/c1-9(2)16-8-14-5-12(16)6-17-11(4)13(7-18)10(3)15-17/h5,8-9,18H,6-7H2,1-4H3. The molecule has 0 unspecified atom stereocenters. The fourth-order valence-electron chi connectivity index (χ4n) is 2.19. The van der Waals surface area contributed by atoms with Crippen molar-refractivity contribution in [1.82, 2.24) is 19.3 Å². The number of hydrogen-bond donors (Lipinski definition) is 1. The Balaban J connectivity index is 2.32. The van der Waals surface area contributed by atoms with Gasteiger partial charge in [0.25, 0.3) is 0 Å². The first kappa shape index (κ1) is 12.8. The van der Waals surface area contributed by atoms with Crippen LogP contribution in [0, 0.1) is 13.8 Å². The van der Waals surface area contributed by atoms with E-state index in [1.165, 1.54) is 0 Å². The van der Waals surface area contributed by atoms with Crippen LogP contribution in [0.15, 0.2) is 12.5 Å². The van der Waals surface area contributed by atoms with Crippen LogP contribution in [0.2, 0.25) is 0 Å². The summed E-state index contributed by atoms with van der Waals surface area (Å²) in [6.07, 6.45) is 3.72. The second-order valence-corrected chi connectivity index (χ2v) is 4.85. The topological polar surface area (TPSA) is 55.9 Å². The minimum absolute atomic E-state index is 0.0428. The first-order valence-electron chi connectivity index (χ1n) is 6.19. The third-order valence-electron chi connectivity index (χ3n) is 3.30. The third-order valence-corrected chi connectivity index (χ3v) is 3.30. The molecular weight excluding hydrogens is 228 g/mol. The smallest absolute Gasteiger partial charge is 0.0951 e. The maximum atomic E-state index is 9.31. The van der Waals surface area contributed by atoms with Gasteiger partial charge < -0.3 is 9.67 Å². The van der Waals surface area contributed by atoms with E-state index < -0.39 is 0 Å². The molecule has 0 aromatic carbocycles. The molecular formula is C13H20N4O. The molecule has 0 saturated carbocycles. The van der Waals surface area contributed by atoms with Gasteiger partial charge in [-0.25, -0.2) is 4.98 Å². The van der Waals surface area contributed by atoms with Gasteiger partial charge in [0.1, 0.15) is 0 Å². The highest BCUT2D eigenvalue weighted by Gasteiger charge is 2.13. The van der Waals surface area contributed by atoms with Gasteiger partial charge in [0.2, 0.25) is 0 Å². The lowest BCUT2D eigenvalue weighted by Gasteiger charge is -2.12. The summed E-state index contributed by atoms with van der Waals surface area (Å²) in [6, 6.07) is 0.386. The molecule has 2 rings (SSSR count). The molecule has 0 aliphatic heterocycles. The molecule has 0 bridgehead atoms. The molecule has 0 spiro atoms. The van der Waals surface area contributed by atoms with Crippen LogP contribution in [0.4, 0.5) is 0 Å². The molecule has 5 heteroatoms. The minimum Gasteiger partial charge on any atom is -0.392 e. The lowest BCUT2D eigenvalue weighted by atomic mass is 10.2. The monoisotopic (exact) mass is 248 g/mol. The number of aromatic nitrogens is 4. The van der Waals surface area contributed by atoms with Gasteiger partial charge >= 0.3 is 0 Å². The number of aliphatic hydroxyl groups excluding tert-OH is 1. The summed E-state index contributed by atoms with van der Waals surface area (Å²) in [4.78, 5) is 4.19. The van der Waals surface area contributed by atoms with Gasteiger partial charge in [0.05, 0.1) is 37.1 Å². The van der Waals surface area contributed by atoms with Crippen LogP contribution in [0.3, 0.4) is 0 Å². The predicted octanol–water partition coefficient (Wildman–Crippen LogP) is 1.82. The van der Waals surface area contributed by atoms with Crippen molar-refractivity contribution in [1.29, 1.82) is 0 Å². The Hall–Kier alpha value is -1.62. The third kappa shape index (κ3) is 2.18. The average Bonchev–Trinajstić information content (AvgIpc) is 2.86. The van der Waals surface area contributed by atoms with E-state index in [0.717, 1.165) is 22.6 Å². The Labute approximate surface area is 107 Å². The highest BCUT2D eigenvalue weighted by atomic mass is 16.3. The molecule has 2 aromatic heterocycles. The maximum Gasteiger partial charge on any atom is 0.0951 e. The summed E-state index contributed by atoms with van der Waals surface area (Å²) < 4.78 is 4.06. The van der Waals surface area contributed by atoms with Gasteiger partial charge in [-0.3, -0.25) is 4.68 Å². The minimum atomic E-state index is 0.0428. The molecule has 1 N–H and O–H groups in total. The second kappa shape index (κ2) is 4.94. The van der Waals surface area contributed by atoms with E-state index in [4.69, 9.17) is 0 Å². The van der Waals surface area contributed by atoms with Crippen LogP contribution < -0.4 is 0 Å². The zero-order valence-corrected chi connectivity index (χ0v) is 11.4. The first-order chi connectivity index (χ1) is 8.54. The normalized spacial score (nSPS) is 11.4. The largest absolute Gasteiger partial charge is 0.392 e. The summed E-state index contributed by atoms with van der Waals surface area (Å²) in [5, 5.41) is 13.8. The predicted molar refractivity (Wildman–Crippen MR) is 69.3 cm³/mol. The quantitative estimate of drug-likeness (QED) is 0.898. The van der Waals surface area contributed by atoms with Crippen LogP contribution in [0.25, 0.3) is 0 Å². The van der Waals surface area contributed by atoms with Gasteiger partial charge in [-0.1, -0.05) is 0 Å². The SMILES string of the molecule is Cc1nn(Cc2cncn2C(C)C)c(C)c1CO. The highest BCUT2D eigenvalue weighted by Crippen LogP contribution is 2.16. The van der Waals surface area contributed by atoms with E-state index in [9.17, 15) is 5.11 Å². The molecule has 0 saturated heterocycles. The number of nitrogens with zero attached hydrogens (tertiary/aromatic N) is 4. The molecule has 0 radical (unpaired) electrons. The molecule has 2 aromatic rings. The average molecular weight is 248 g/mol. The van der Waals surface area contributed by atoms with E-state index in [1.54, 1.807) is 0 Å². The van der Waals surface area contributed by atoms with Crippen molar-refractivity contribution in [3.8, 4) is 0 Å².